The van der Waals surface area contributed by atoms with Crippen LogP contribution in [0.3, 0.4) is 0 Å². The van der Waals surface area contributed by atoms with Gasteiger partial charge in [0.15, 0.2) is 19.9 Å². The molecule has 0 saturated carbocycles. The highest BCUT2D eigenvalue weighted by Crippen LogP contribution is 2.50. The second-order valence-electron chi connectivity index (χ2n) is 12.3. The number of carbonyl (C=O) groups is 1. The molecule has 0 fully saturated rings. The Morgan fingerprint density at radius 1 is 0.821 bits per heavy atom. The number of hydrogen-bond donors (Lipinski definition) is 0. The highest BCUT2D eigenvalue weighted by atomic mass is 32.2. The zero-order valence-corrected chi connectivity index (χ0v) is 29.7. The molecular formula is C30H64N3O4PS. The summed E-state index contributed by atoms with van der Waals surface area (Å²) >= 11 is 1.36. The molecule has 0 aliphatic heterocycles. The zero-order valence-electron chi connectivity index (χ0n) is 28.0. The van der Waals surface area contributed by atoms with Crippen molar-refractivity contribution in [2.45, 2.75) is 158 Å². The van der Waals surface area contributed by atoms with Crippen molar-refractivity contribution in [1.82, 2.24) is 14.2 Å². The van der Waals surface area contributed by atoms with Gasteiger partial charge in [-0.25, -0.2) is 9.34 Å². The van der Waals surface area contributed by atoms with Crippen molar-refractivity contribution >= 4 is 25.3 Å². The molecule has 39 heavy (non-hydrogen) atoms. The molecule has 0 bridgehead atoms. The third kappa shape index (κ3) is 14.8. The molecule has 0 aliphatic carbocycles. The lowest BCUT2D eigenvalue weighted by Crippen LogP contribution is -2.48. The van der Waals surface area contributed by atoms with Crippen molar-refractivity contribution in [3.8, 4) is 0 Å². The minimum atomic E-state index is -1.00. The van der Waals surface area contributed by atoms with E-state index in [2.05, 4.69) is 104 Å². The Labute approximate surface area is 248 Å². The fourth-order valence-electron chi connectivity index (χ4n) is 5.33. The average molecular weight is 594 g/mol. The first-order valence-corrected chi connectivity index (χ1v) is 17.4. The second kappa shape index (κ2) is 20.2. The van der Waals surface area contributed by atoms with E-state index in [4.69, 9.17) is 14.0 Å². The van der Waals surface area contributed by atoms with Crippen LogP contribution < -0.4 is 0 Å². The number of hydrogen-bond acceptors (Lipinski definition) is 8. The minimum Gasteiger partial charge on any atom is -0.351 e. The molecule has 0 spiro atoms. The van der Waals surface area contributed by atoms with Crippen LogP contribution in [0, 0.1) is 0 Å². The van der Waals surface area contributed by atoms with E-state index in [-0.39, 0.29) is 10.7 Å². The van der Waals surface area contributed by atoms with Crippen LogP contribution in [0.2, 0.25) is 0 Å². The minimum absolute atomic E-state index is 0.0997. The van der Waals surface area contributed by atoms with E-state index in [1.165, 1.54) is 11.8 Å². The molecule has 0 saturated heterocycles. The van der Waals surface area contributed by atoms with E-state index >= 15 is 0 Å². The fraction of sp³-hybridized carbons (Fsp3) is 0.967. The number of nitrogens with zero attached hydrogens (tertiary/aromatic N) is 3. The van der Waals surface area contributed by atoms with Gasteiger partial charge in [0.05, 0.1) is 6.61 Å². The summed E-state index contributed by atoms with van der Waals surface area (Å²) in [6, 6.07) is 1.82. The molecule has 0 aromatic rings. The lowest BCUT2D eigenvalue weighted by atomic mass is 9.94. The SMILES string of the molecule is CCCC(C)(C)N(CCC(=O)SCCOC(COP(N(C(C)C)C(C)C)N(C(C)C)C(C)C)OCC)C(C)C. The van der Waals surface area contributed by atoms with Gasteiger partial charge >= 0.3 is 0 Å². The summed E-state index contributed by atoms with van der Waals surface area (Å²) in [4.78, 5) is 15.1. The molecule has 0 aromatic carbocycles. The van der Waals surface area contributed by atoms with Crippen LogP contribution in [0.1, 0.15) is 116 Å². The molecule has 9 heteroatoms. The maximum absolute atomic E-state index is 12.7. The van der Waals surface area contributed by atoms with Crippen molar-refractivity contribution in [2.24, 2.45) is 0 Å². The van der Waals surface area contributed by atoms with Crippen molar-refractivity contribution < 1.29 is 18.8 Å². The van der Waals surface area contributed by atoms with Crippen molar-refractivity contribution in [1.29, 1.82) is 0 Å². The number of thioether (sulfide) groups is 1. The van der Waals surface area contributed by atoms with Crippen LogP contribution in [0.4, 0.5) is 0 Å². The normalized spacial score (nSPS) is 14.1. The lowest BCUT2D eigenvalue weighted by molar-refractivity contribution is -0.152. The van der Waals surface area contributed by atoms with Crippen molar-refractivity contribution in [3.05, 3.63) is 0 Å². The molecule has 0 aliphatic rings. The molecule has 1 unspecified atom stereocenters. The molecule has 0 N–H and O–H groups in total. The summed E-state index contributed by atoms with van der Waals surface area (Å²) in [7, 11) is -1.00. The van der Waals surface area contributed by atoms with E-state index in [0.717, 1.165) is 19.4 Å². The molecule has 1 atom stereocenters. The Morgan fingerprint density at radius 3 is 1.74 bits per heavy atom. The highest BCUT2D eigenvalue weighted by molar-refractivity contribution is 8.13. The topological polar surface area (TPSA) is 54.5 Å². The Hall–Kier alpha value is 0.210. The molecule has 0 rings (SSSR count). The molecule has 0 radical (unpaired) electrons. The van der Waals surface area contributed by atoms with Crippen LogP contribution in [0.5, 0.6) is 0 Å². The molecule has 234 valence electrons. The zero-order chi connectivity index (χ0) is 30.3. The van der Waals surface area contributed by atoms with Gasteiger partial charge in [0, 0.05) is 61.1 Å². The third-order valence-corrected chi connectivity index (χ3v) is 10.6. The van der Waals surface area contributed by atoms with Gasteiger partial charge in [-0.2, -0.15) is 0 Å². The Balaban J connectivity index is 5.05. The summed E-state index contributed by atoms with van der Waals surface area (Å²) in [6.07, 6.45) is 2.37. The first kappa shape index (κ1) is 39.2. The Bertz CT molecular complexity index is 614. The molecule has 0 amide bonds. The first-order chi connectivity index (χ1) is 18.1. The molecular weight excluding hydrogens is 529 g/mol. The summed E-state index contributed by atoms with van der Waals surface area (Å²) in [5.74, 6) is 0.616. The van der Waals surface area contributed by atoms with Crippen molar-refractivity contribution in [3.63, 3.8) is 0 Å². The maximum atomic E-state index is 12.7. The van der Waals surface area contributed by atoms with Crippen LogP contribution >= 0.6 is 20.2 Å². The smallest absolute Gasteiger partial charge is 0.190 e. The Kier molecular flexibility index (Phi) is 20.3. The predicted octanol–water partition coefficient (Wildman–Crippen LogP) is 7.79. The summed E-state index contributed by atoms with van der Waals surface area (Å²) in [5.41, 5.74) is 0.0997. The van der Waals surface area contributed by atoms with Gasteiger partial charge in [0.1, 0.15) is 6.61 Å². The van der Waals surface area contributed by atoms with E-state index in [1.54, 1.807) is 0 Å². The van der Waals surface area contributed by atoms with Gasteiger partial charge in [-0.1, -0.05) is 25.1 Å². The fourth-order valence-corrected chi connectivity index (χ4v) is 8.31. The first-order valence-electron chi connectivity index (χ1n) is 15.3. The van der Waals surface area contributed by atoms with Gasteiger partial charge in [0.2, 0.25) is 0 Å². The third-order valence-electron chi connectivity index (χ3n) is 6.66. The second-order valence-corrected chi connectivity index (χ2v) is 15.1. The van der Waals surface area contributed by atoms with Gasteiger partial charge in [-0.3, -0.25) is 9.69 Å². The molecule has 0 heterocycles. The average Bonchev–Trinajstić information content (AvgIpc) is 2.78. The standard InChI is InChI=1S/C30H64N3O4PS/c1-15-18-30(13,14)31(23(3)4)19-17-28(34)39-21-20-36-29(35-16-2)22-37-38(32(24(5)6)25(7)8)33(26(9)10)27(11)12/h23-27,29H,15-22H2,1-14H3. The van der Waals surface area contributed by atoms with Crippen LogP contribution in [-0.2, 0) is 18.8 Å². The van der Waals surface area contributed by atoms with E-state index in [9.17, 15) is 4.79 Å². The van der Waals surface area contributed by atoms with Gasteiger partial charge in [0.25, 0.3) is 0 Å². The van der Waals surface area contributed by atoms with E-state index < -0.39 is 14.7 Å². The van der Waals surface area contributed by atoms with E-state index in [0.29, 0.717) is 62.2 Å². The molecule has 7 nitrogen and oxygen atoms in total. The maximum Gasteiger partial charge on any atom is 0.190 e. The lowest BCUT2D eigenvalue weighted by Gasteiger charge is -2.45. The highest BCUT2D eigenvalue weighted by Gasteiger charge is 2.35. The van der Waals surface area contributed by atoms with E-state index in [1.807, 2.05) is 6.92 Å². The quantitative estimate of drug-likeness (QED) is 0.0716. The van der Waals surface area contributed by atoms with Crippen molar-refractivity contribution in [2.75, 3.05) is 32.1 Å². The summed E-state index contributed by atoms with van der Waals surface area (Å²) in [6.45, 7) is 33.2. The summed E-state index contributed by atoms with van der Waals surface area (Å²) in [5, 5.41) is 0.221. The molecule has 0 aromatic heterocycles. The largest absolute Gasteiger partial charge is 0.351 e. The van der Waals surface area contributed by atoms with Gasteiger partial charge < -0.3 is 14.0 Å². The van der Waals surface area contributed by atoms with Crippen LogP contribution in [0.25, 0.3) is 0 Å². The Morgan fingerprint density at radius 2 is 1.33 bits per heavy atom. The summed E-state index contributed by atoms with van der Waals surface area (Å²) < 4.78 is 23.5. The number of rotatable bonds is 22. The number of ether oxygens (including phenoxy) is 2. The van der Waals surface area contributed by atoms with Gasteiger partial charge in [-0.15, -0.1) is 0 Å². The van der Waals surface area contributed by atoms with Gasteiger partial charge in [-0.05, 0) is 96.4 Å². The van der Waals surface area contributed by atoms with Crippen LogP contribution in [0.15, 0.2) is 0 Å². The monoisotopic (exact) mass is 593 g/mol. The van der Waals surface area contributed by atoms with Crippen LogP contribution in [-0.4, -0.2) is 93.5 Å². The predicted molar refractivity (Wildman–Crippen MR) is 171 cm³/mol. The number of carbonyl (C=O) groups excluding carboxylic acids is 1.